The molecule has 1 aromatic heterocycles. The Morgan fingerprint density at radius 2 is 1.85 bits per heavy atom. The third-order valence-corrected chi connectivity index (χ3v) is 3.56. The van der Waals surface area contributed by atoms with Crippen molar-refractivity contribution < 1.29 is 4.74 Å². The molecule has 0 amide bonds. The summed E-state index contributed by atoms with van der Waals surface area (Å²) in [5.74, 6) is 1.64. The number of ether oxygens (including phenoxy) is 1. The fraction of sp³-hybridized carbons (Fsp3) is 0.0476. The average molecular weight is 344 g/mol. The Morgan fingerprint density at radius 1 is 1.08 bits per heavy atom. The highest BCUT2D eigenvalue weighted by Crippen LogP contribution is 2.26. The Balaban J connectivity index is 1.79. The number of allylic oxidation sites excluding steroid dienone is 1. The van der Waals surface area contributed by atoms with Gasteiger partial charge in [0.05, 0.1) is 0 Å². The molecule has 0 bridgehead atoms. The molecule has 26 heavy (non-hydrogen) atoms. The van der Waals surface area contributed by atoms with Crippen LogP contribution in [0.5, 0.6) is 11.6 Å². The summed E-state index contributed by atoms with van der Waals surface area (Å²) in [5, 5.41) is 6.30. The number of nitrogens with one attached hydrogen (secondary N) is 2. The number of aromatic nitrogens is 2. The normalized spacial score (nSPS) is 10.0. The van der Waals surface area contributed by atoms with E-state index in [0.29, 0.717) is 17.6 Å². The summed E-state index contributed by atoms with van der Waals surface area (Å²) in [6, 6.07) is 17.3. The predicted molar refractivity (Wildman–Crippen MR) is 106 cm³/mol. The van der Waals surface area contributed by atoms with Crippen LogP contribution in [-0.4, -0.2) is 9.97 Å². The molecular formula is C21H20N4O. The van der Waals surface area contributed by atoms with Crippen LogP contribution in [-0.2, 0) is 0 Å². The van der Waals surface area contributed by atoms with E-state index in [-0.39, 0.29) is 0 Å². The fourth-order valence-corrected chi connectivity index (χ4v) is 2.23. The van der Waals surface area contributed by atoms with E-state index in [1.165, 1.54) is 0 Å². The van der Waals surface area contributed by atoms with Gasteiger partial charge in [-0.05, 0) is 37.3 Å². The molecule has 2 aromatic carbocycles. The van der Waals surface area contributed by atoms with Crippen LogP contribution in [0, 0.1) is 6.92 Å². The summed E-state index contributed by atoms with van der Waals surface area (Å²) < 4.78 is 5.96. The third kappa shape index (κ3) is 4.48. The Morgan fingerprint density at radius 3 is 2.62 bits per heavy atom. The van der Waals surface area contributed by atoms with E-state index >= 15 is 0 Å². The number of para-hydroxylation sites is 1. The lowest BCUT2D eigenvalue weighted by molar-refractivity contribution is 0.458. The summed E-state index contributed by atoms with van der Waals surface area (Å²) in [6.07, 6.45) is 3.39. The maximum absolute atomic E-state index is 5.96. The van der Waals surface area contributed by atoms with E-state index in [4.69, 9.17) is 4.74 Å². The number of aryl methyl sites for hydroxylation is 1. The van der Waals surface area contributed by atoms with Crippen molar-refractivity contribution in [3.05, 3.63) is 91.3 Å². The highest BCUT2D eigenvalue weighted by Gasteiger charge is 2.07. The first kappa shape index (κ1) is 17.2. The molecule has 0 saturated carbocycles. The smallest absolute Gasteiger partial charge is 0.230 e. The van der Waals surface area contributed by atoms with Crippen molar-refractivity contribution in [2.45, 2.75) is 6.92 Å². The van der Waals surface area contributed by atoms with E-state index in [0.717, 1.165) is 22.6 Å². The van der Waals surface area contributed by atoms with Crippen molar-refractivity contribution >= 4 is 17.3 Å². The highest BCUT2D eigenvalue weighted by atomic mass is 16.5. The summed E-state index contributed by atoms with van der Waals surface area (Å²) in [6.45, 7) is 9.44. The molecule has 0 radical (unpaired) electrons. The van der Waals surface area contributed by atoms with Crippen LogP contribution in [0.2, 0.25) is 0 Å². The van der Waals surface area contributed by atoms with Gasteiger partial charge < -0.3 is 15.4 Å². The van der Waals surface area contributed by atoms with Gasteiger partial charge in [-0.3, -0.25) is 0 Å². The molecule has 0 saturated heterocycles. The molecule has 3 aromatic rings. The van der Waals surface area contributed by atoms with Gasteiger partial charge in [0.1, 0.15) is 5.75 Å². The first-order valence-electron chi connectivity index (χ1n) is 8.16. The van der Waals surface area contributed by atoms with E-state index in [9.17, 15) is 0 Å². The first-order chi connectivity index (χ1) is 12.6. The van der Waals surface area contributed by atoms with Crippen molar-refractivity contribution in [1.29, 1.82) is 0 Å². The van der Waals surface area contributed by atoms with Gasteiger partial charge in [0.25, 0.3) is 0 Å². The molecule has 0 unspecified atom stereocenters. The lowest BCUT2D eigenvalue weighted by Gasteiger charge is -2.12. The zero-order valence-corrected chi connectivity index (χ0v) is 14.6. The van der Waals surface area contributed by atoms with Crippen LogP contribution in [0.1, 0.15) is 5.56 Å². The number of benzene rings is 2. The van der Waals surface area contributed by atoms with E-state index in [1.807, 2.05) is 61.5 Å². The quantitative estimate of drug-likeness (QED) is 0.559. The lowest BCUT2D eigenvalue weighted by atomic mass is 10.3. The molecule has 0 aliphatic carbocycles. The van der Waals surface area contributed by atoms with Crippen molar-refractivity contribution in [2.75, 3.05) is 10.6 Å². The molecule has 5 nitrogen and oxygen atoms in total. The molecule has 130 valence electrons. The summed E-state index contributed by atoms with van der Waals surface area (Å²) >= 11 is 0. The molecular weight excluding hydrogens is 324 g/mol. The average Bonchev–Trinajstić information content (AvgIpc) is 2.65. The third-order valence-electron chi connectivity index (χ3n) is 3.56. The van der Waals surface area contributed by atoms with Crippen LogP contribution in [0.25, 0.3) is 0 Å². The van der Waals surface area contributed by atoms with Gasteiger partial charge in [0.2, 0.25) is 11.8 Å². The Hall–Kier alpha value is -3.60. The molecule has 0 fully saturated rings. The van der Waals surface area contributed by atoms with Crippen molar-refractivity contribution in [3.63, 3.8) is 0 Å². The molecule has 0 aliphatic heterocycles. The maximum atomic E-state index is 5.96. The van der Waals surface area contributed by atoms with Crippen molar-refractivity contribution in [2.24, 2.45) is 0 Å². The second-order valence-electron chi connectivity index (χ2n) is 5.66. The number of hydrogen-bond acceptors (Lipinski definition) is 5. The Labute approximate surface area is 153 Å². The van der Waals surface area contributed by atoms with Gasteiger partial charge in [0, 0.05) is 34.9 Å². The van der Waals surface area contributed by atoms with Crippen LogP contribution in [0.4, 0.5) is 17.3 Å². The van der Waals surface area contributed by atoms with Crippen LogP contribution in [0.15, 0.2) is 85.7 Å². The van der Waals surface area contributed by atoms with Gasteiger partial charge in [0.15, 0.2) is 0 Å². The SMILES string of the molecule is C=CC(=C)Nc1cccc(Oc2nc(Nc3ccccc3)ncc2C)c1. The van der Waals surface area contributed by atoms with Crippen molar-refractivity contribution in [3.8, 4) is 11.6 Å². The molecule has 0 atom stereocenters. The van der Waals surface area contributed by atoms with Crippen LogP contribution < -0.4 is 15.4 Å². The lowest BCUT2D eigenvalue weighted by Crippen LogP contribution is -2.00. The standard InChI is InChI=1S/C21H20N4O/c1-4-16(3)23-18-11-8-12-19(13-18)26-20-15(2)14-22-21(25-20)24-17-9-6-5-7-10-17/h4-14,23H,1,3H2,2H3,(H,22,24,25). The maximum Gasteiger partial charge on any atom is 0.230 e. The largest absolute Gasteiger partial charge is 0.438 e. The molecule has 2 N–H and O–H groups in total. The van der Waals surface area contributed by atoms with Gasteiger partial charge in [-0.1, -0.05) is 37.4 Å². The summed E-state index contributed by atoms with van der Waals surface area (Å²) in [4.78, 5) is 8.78. The second-order valence-corrected chi connectivity index (χ2v) is 5.66. The summed E-state index contributed by atoms with van der Waals surface area (Å²) in [5.41, 5.74) is 3.34. The van der Waals surface area contributed by atoms with Crippen molar-refractivity contribution in [1.82, 2.24) is 9.97 Å². The summed E-state index contributed by atoms with van der Waals surface area (Å²) in [7, 11) is 0. The van der Waals surface area contributed by atoms with Gasteiger partial charge >= 0.3 is 0 Å². The molecule has 1 heterocycles. The van der Waals surface area contributed by atoms with Crippen LogP contribution >= 0.6 is 0 Å². The van der Waals surface area contributed by atoms with E-state index in [2.05, 4.69) is 33.8 Å². The van der Waals surface area contributed by atoms with Gasteiger partial charge in [-0.25, -0.2) is 4.98 Å². The Kier molecular flexibility index (Phi) is 5.29. The zero-order chi connectivity index (χ0) is 18.4. The monoisotopic (exact) mass is 344 g/mol. The molecule has 0 spiro atoms. The predicted octanol–water partition coefficient (Wildman–Crippen LogP) is 5.43. The minimum Gasteiger partial charge on any atom is -0.438 e. The first-order valence-corrected chi connectivity index (χ1v) is 8.16. The number of nitrogens with zero attached hydrogens (tertiary/aromatic N) is 2. The van der Waals surface area contributed by atoms with E-state index in [1.54, 1.807) is 12.3 Å². The molecule has 0 aliphatic rings. The van der Waals surface area contributed by atoms with Gasteiger partial charge in [-0.15, -0.1) is 0 Å². The number of hydrogen-bond donors (Lipinski definition) is 2. The molecule has 3 rings (SSSR count). The Bertz CT molecular complexity index is 922. The topological polar surface area (TPSA) is 59.1 Å². The minimum atomic E-state index is 0.478. The highest BCUT2D eigenvalue weighted by molar-refractivity contribution is 5.55. The number of anilines is 3. The van der Waals surface area contributed by atoms with E-state index < -0.39 is 0 Å². The second kappa shape index (κ2) is 7.98. The number of rotatable bonds is 7. The minimum absolute atomic E-state index is 0.478. The molecule has 5 heteroatoms. The zero-order valence-electron chi connectivity index (χ0n) is 14.6. The van der Waals surface area contributed by atoms with Crippen LogP contribution in [0.3, 0.4) is 0 Å². The fourth-order valence-electron chi connectivity index (χ4n) is 2.23. The van der Waals surface area contributed by atoms with Gasteiger partial charge in [-0.2, -0.15) is 4.98 Å².